The number of rotatable bonds is 5. The molecule has 1 fully saturated rings. The number of thiazole rings is 1. The molecule has 1 aliphatic rings. The maximum Gasteiger partial charge on any atom is 0.244 e. The van der Waals surface area contributed by atoms with Crippen LogP contribution in [0.3, 0.4) is 0 Å². The molecule has 8 heteroatoms. The van der Waals surface area contributed by atoms with Crippen molar-refractivity contribution in [3.05, 3.63) is 47.6 Å². The Morgan fingerprint density at radius 2 is 1.92 bits per heavy atom. The lowest BCUT2D eigenvalue weighted by Gasteiger charge is -2.18. The highest BCUT2D eigenvalue weighted by Crippen LogP contribution is 2.25. The molecular weight excluding hydrogens is 368 g/mol. The van der Waals surface area contributed by atoms with Crippen LogP contribution in [0.1, 0.15) is 17.8 Å². The van der Waals surface area contributed by atoms with Gasteiger partial charge >= 0.3 is 0 Å². The Kier molecular flexibility index (Phi) is 4.64. The molecule has 0 N–H and O–H groups in total. The van der Waals surface area contributed by atoms with Gasteiger partial charge in [0.15, 0.2) is 0 Å². The summed E-state index contributed by atoms with van der Waals surface area (Å²) in [4.78, 5) is 11.2. The second-order valence-electron chi connectivity index (χ2n) is 6.39. The number of hydrogen-bond donors (Lipinski definition) is 0. The van der Waals surface area contributed by atoms with Crippen molar-refractivity contribution in [1.82, 2.24) is 14.3 Å². The molecular formula is C18H20N4O2S2. The van der Waals surface area contributed by atoms with Crippen LogP contribution in [-0.2, 0) is 16.6 Å². The van der Waals surface area contributed by atoms with Gasteiger partial charge in [0.2, 0.25) is 10.0 Å². The number of fused-ring (bicyclic) bond motifs is 1. The molecule has 0 bridgehead atoms. The van der Waals surface area contributed by atoms with Crippen molar-refractivity contribution in [3.63, 3.8) is 0 Å². The minimum Gasteiger partial charge on any atom is -0.353 e. The van der Waals surface area contributed by atoms with E-state index < -0.39 is 10.0 Å². The van der Waals surface area contributed by atoms with Gasteiger partial charge in [0.1, 0.15) is 15.7 Å². The van der Waals surface area contributed by atoms with Crippen molar-refractivity contribution in [2.75, 3.05) is 25.0 Å². The molecule has 0 spiro atoms. The molecule has 0 atom stereocenters. The standard InChI is InChI=1S/C18H20N4O2S2/c1-21(13-18-20-15-6-2-3-7-16(15)25-18)17-9-8-14(12-19-17)26(23,24)22-10-4-5-11-22/h2-3,6-9,12H,4-5,10-11,13H2,1H3. The van der Waals surface area contributed by atoms with Crippen molar-refractivity contribution in [2.24, 2.45) is 0 Å². The summed E-state index contributed by atoms with van der Waals surface area (Å²) in [6.07, 6.45) is 3.31. The van der Waals surface area contributed by atoms with E-state index in [2.05, 4.69) is 16.0 Å². The Morgan fingerprint density at radius 1 is 1.15 bits per heavy atom. The van der Waals surface area contributed by atoms with Gasteiger partial charge in [-0.1, -0.05) is 12.1 Å². The van der Waals surface area contributed by atoms with Gasteiger partial charge in [0.25, 0.3) is 0 Å². The monoisotopic (exact) mass is 388 g/mol. The van der Waals surface area contributed by atoms with Gasteiger partial charge in [-0.3, -0.25) is 0 Å². The van der Waals surface area contributed by atoms with Crippen LogP contribution in [-0.4, -0.2) is 42.8 Å². The largest absolute Gasteiger partial charge is 0.353 e. The number of benzene rings is 1. The lowest BCUT2D eigenvalue weighted by Crippen LogP contribution is -2.28. The Bertz CT molecular complexity index is 976. The van der Waals surface area contributed by atoms with Crippen molar-refractivity contribution < 1.29 is 8.42 Å². The summed E-state index contributed by atoms with van der Waals surface area (Å²) < 4.78 is 27.8. The summed E-state index contributed by atoms with van der Waals surface area (Å²) >= 11 is 1.66. The van der Waals surface area contributed by atoms with Gasteiger partial charge in [0, 0.05) is 26.3 Å². The molecule has 1 saturated heterocycles. The summed E-state index contributed by atoms with van der Waals surface area (Å²) in [6, 6.07) is 11.5. The second kappa shape index (κ2) is 6.94. The highest BCUT2D eigenvalue weighted by Gasteiger charge is 2.27. The minimum absolute atomic E-state index is 0.261. The number of hydrogen-bond acceptors (Lipinski definition) is 6. The number of pyridine rings is 1. The van der Waals surface area contributed by atoms with Crippen LogP contribution in [0.2, 0.25) is 0 Å². The molecule has 2 aromatic heterocycles. The Labute approximate surface area is 157 Å². The van der Waals surface area contributed by atoms with Crippen LogP contribution in [0.5, 0.6) is 0 Å². The van der Waals surface area contributed by atoms with E-state index in [1.807, 2.05) is 30.1 Å². The molecule has 6 nitrogen and oxygen atoms in total. The molecule has 136 valence electrons. The second-order valence-corrected chi connectivity index (χ2v) is 9.45. The zero-order valence-corrected chi connectivity index (χ0v) is 16.1. The first-order chi connectivity index (χ1) is 12.5. The summed E-state index contributed by atoms with van der Waals surface area (Å²) in [5.41, 5.74) is 1.00. The van der Waals surface area contributed by atoms with E-state index >= 15 is 0 Å². The lowest BCUT2D eigenvalue weighted by atomic mass is 10.3. The van der Waals surface area contributed by atoms with Gasteiger partial charge in [0.05, 0.1) is 16.8 Å². The van der Waals surface area contributed by atoms with E-state index in [4.69, 9.17) is 0 Å². The molecule has 26 heavy (non-hydrogen) atoms. The maximum absolute atomic E-state index is 12.6. The molecule has 0 radical (unpaired) electrons. The Morgan fingerprint density at radius 3 is 2.62 bits per heavy atom. The number of sulfonamides is 1. The Balaban J connectivity index is 1.50. The van der Waals surface area contributed by atoms with Gasteiger partial charge in [-0.15, -0.1) is 11.3 Å². The number of nitrogens with zero attached hydrogens (tertiary/aromatic N) is 4. The van der Waals surface area contributed by atoms with Crippen LogP contribution >= 0.6 is 11.3 Å². The molecule has 1 aliphatic heterocycles. The van der Waals surface area contributed by atoms with Crippen molar-refractivity contribution in [2.45, 2.75) is 24.3 Å². The lowest BCUT2D eigenvalue weighted by molar-refractivity contribution is 0.477. The minimum atomic E-state index is -3.42. The fourth-order valence-corrected chi connectivity index (χ4v) is 5.58. The average molecular weight is 389 g/mol. The quantitative estimate of drug-likeness (QED) is 0.672. The molecule has 3 heterocycles. The van der Waals surface area contributed by atoms with E-state index in [0.29, 0.717) is 19.6 Å². The predicted octanol–water partition coefficient (Wildman–Crippen LogP) is 3.11. The highest BCUT2D eigenvalue weighted by atomic mass is 32.2. The van der Waals surface area contributed by atoms with Crippen molar-refractivity contribution in [1.29, 1.82) is 0 Å². The van der Waals surface area contributed by atoms with Crippen LogP contribution in [0.25, 0.3) is 10.2 Å². The third kappa shape index (κ3) is 3.32. The fourth-order valence-electron chi connectivity index (χ4n) is 3.10. The predicted molar refractivity (Wildman–Crippen MR) is 104 cm³/mol. The van der Waals surface area contributed by atoms with Gasteiger partial charge in [-0.05, 0) is 37.1 Å². The third-order valence-electron chi connectivity index (χ3n) is 4.53. The topological polar surface area (TPSA) is 66.4 Å². The normalized spacial score (nSPS) is 15.6. The zero-order valence-electron chi connectivity index (χ0n) is 14.5. The van der Waals surface area contributed by atoms with E-state index in [9.17, 15) is 8.42 Å². The third-order valence-corrected chi connectivity index (χ3v) is 7.43. The van der Waals surface area contributed by atoms with E-state index in [1.165, 1.54) is 10.5 Å². The smallest absolute Gasteiger partial charge is 0.244 e. The van der Waals surface area contributed by atoms with E-state index in [-0.39, 0.29) is 4.90 Å². The van der Waals surface area contributed by atoms with E-state index in [0.717, 1.165) is 33.9 Å². The van der Waals surface area contributed by atoms with Crippen LogP contribution in [0.15, 0.2) is 47.5 Å². The molecule has 4 rings (SSSR count). The zero-order chi connectivity index (χ0) is 18.1. The van der Waals surface area contributed by atoms with Crippen molar-refractivity contribution in [3.8, 4) is 0 Å². The average Bonchev–Trinajstić information content (AvgIpc) is 3.31. The summed E-state index contributed by atoms with van der Waals surface area (Å²) in [5.74, 6) is 0.727. The number of para-hydroxylation sites is 1. The molecule has 0 amide bonds. The molecule has 0 aliphatic carbocycles. The van der Waals surface area contributed by atoms with Crippen LogP contribution in [0, 0.1) is 0 Å². The van der Waals surface area contributed by atoms with Crippen molar-refractivity contribution >= 4 is 37.4 Å². The van der Waals surface area contributed by atoms with Crippen LogP contribution < -0.4 is 4.90 Å². The molecule has 0 saturated carbocycles. The molecule has 3 aromatic rings. The number of anilines is 1. The van der Waals surface area contributed by atoms with Gasteiger partial charge in [-0.2, -0.15) is 4.31 Å². The SMILES string of the molecule is CN(Cc1nc2ccccc2s1)c1ccc(S(=O)(=O)N2CCCC2)cn1. The number of aromatic nitrogens is 2. The van der Waals surface area contributed by atoms with Gasteiger partial charge < -0.3 is 4.90 Å². The fraction of sp³-hybridized carbons (Fsp3) is 0.333. The molecule has 1 aromatic carbocycles. The highest BCUT2D eigenvalue weighted by molar-refractivity contribution is 7.89. The van der Waals surface area contributed by atoms with Gasteiger partial charge in [-0.25, -0.2) is 18.4 Å². The maximum atomic E-state index is 12.6. The summed E-state index contributed by atoms with van der Waals surface area (Å²) in [5, 5.41) is 1.00. The first-order valence-electron chi connectivity index (χ1n) is 8.56. The molecule has 0 unspecified atom stereocenters. The first-order valence-corrected chi connectivity index (χ1v) is 10.8. The first kappa shape index (κ1) is 17.4. The summed E-state index contributed by atoms with van der Waals surface area (Å²) in [6.45, 7) is 1.83. The van der Waals surface area contributed by atoms with E-state index in [1.54, 1.807) is 23.5 Å². The Hall–Kier alpha value is -2.03. The summed E-state index contributed by atoms with van der Waals surface area (Å²) in [7, 11) is -1.48. The van der Waals surface area contributed by atoms with Crippen LogP contribution in [0.4, 0.5) is 5.82 Å².